The van der Waals surface area contributed by atoms with Crippen LogP contribution < -0.4 is 15.1 Å². The van der Waals surface area contributed by atoms with Crippen LogP contribution in [0.1, 0.15) is 29.1 Å². The molecular formula is C20H26ClN3O2S+2. The van der Waals surface area contributed by atoms with Crippen LogP contribution in [0.4, 0.5) is 5.69 Å². The van der Waals surface area contributed by atoms with Crippen LogP contribution in [0.15, 0.2) is 36.4 Å². The Kier molecular flexibility index (Phi) is 6.65. The Bertz CT molecular complexity index is 815. The molecule has 2 aromatic rings. The van der Waals surface area contributed by atoms with Gasteiger partial charge in [0.25, 0.3) is 5.91 Å². The van der Waals surface area contributed by atoms with Gasteiger partial charge in [-0.2, -0.15) is 0 Å². The smallest absolute Gasteiger partial charge is 0.282 e. The van der Waals surface area contributed by atoms with Crippen LogP contribution in [0.3, 0.4) is 0 Å². The Balaban J connectivity index is 1.51. The van der Waals surface area contributed by atoms with Crippen molar-refractivity contribution in [2.75, 3.05) is 31.5 Å². The van der Waals surface area contributed by atoms with E-state index in [-0.39, 0.29) is 17.7 Å². The molecule has 3 rings (SSSR count). The van der Waals surface area contributed by atoms with Crippen LogP contribution in [0, 0.1) is 0 Å². The van der Waals surface area contributed by atoms with E-state index in [2.05, 4.69) is 11.4 Å². The molecule has 1 aliphatic rings. The highest BCUT2D eigenvalue weighted by atomic mass is 35.5. The highest BCUT2D eigenvalue weighted by Crippen LogP contribution is 2.20. The lowest BCUT2D eigenvalue weighted by atomic mass is 10.1. The predicted octanol–water partition coefficient (Wildman–Crippen LogP) is 0.915. The van der Waals surface area contributed by atoms with E-state index in [1.807, 2.05) is 19.1 Å². The molecule has 27 heavy (non-hydrogen) atoms. The fourth-order valence-electron chi connectivity index (χ4n) is 3.48. The van der Waals surface area contributed by atoms with Gasteiger partial charge in [-0.05, 0) is 38.1 Å². The fraction of sp³-hybridized carbons (Fsp3) is 0.400. The number of carbonyl (C=O) groups is 2. The molecule has 3 N–H and O–H groups in total. The first-order chi connectivity index (χ1) is 12.9. The summed E-state index contributed by atoms with van der Waals surface area (Å²) in [5.41, 5.74) is 1.29. The van der Waals surface area contributed by atoms with E-state index < -0.39 is 0 Å². The van der Waals surface area contributed by atoms with Crippen LogP contribution in [-0.4, -0.2) is 43.9 Å². The number of thiophene rings is 1. The van der Waals surface area contributed by atoms with Gasteiger partial charge in [-0.3, -0.25) is 9.59 Å². The van der Waals surface area contributed by atoms with Gasteiger partial charge >= 0.3 is 0 Å². The summed E-state index contributed by atoms with van der Waals surface area (Å²) in [6, 6.07) is 11.0. The van der Waals surface area contributed by atoms with Gasteiger partial charge < -0.3 is 15.1 Å². The van der Waals surface area contributed by atoms with E-state index in [0.29, 0.717) is 11.3 Å². The van der Waals surface area contributed by atoms with Crippen molar-refractivity contribution in [1.29, 1.82) is 0 Å². The molecule has 1 amide bonds. The van der Waals surface area contributed by atoms with Crippen molar-refractivity contribution in [2.24, 2.45) is 0 Å². The van der Waals surface area contributed by atoms with Crippen molar-refractivity contribution in [3.63, 3.8) is 0 Å². The van der Waals surface area contributed by atoms with Crippen LogP contribution in [0.2, 0.25) is 4.34 Å². The quantitative estimate of drug-likeness (QED) is 0.623. The Morgan fingerprint density at radius 2 is 1.93 bits per heavy atom. The SMILES string of the molecule is CC(=O)c1cccc(NC(=O)[C@@H](C)[NH+]2CC[NH+](Cc3ccc(Cl)s3)CC2)c1. The van der Waals surface area contributed by atoms with Gasteiger partial charge in [-0.15, -0.1) is 11.3 Å². The Morgan fingerprint density at radius 1 is 1.19 bits per heavy atom. The zero-order chi connectivity index (χ0) is 19.4. The Hall–Kier alpha value is -1.73. The Morgan fingerprint density at radius 3 is 2.56 bits per heavy atom. The van der Waals surface area contributed by atoms with Crippen molar-refractivity contribution < 1.29 is 19.4 Å². The van der Waals surface area contributed by atoms with Crippen molar-refractivity contribution in [2.45, 2.75) is 26.4 Å². The highest BCUT2D eigenvalue weighted by Gasteiger charge is 2.31. The molecule has 1 aliphatic heterocycles. The van der Waals surface area contributed by atoms with Crippen LogP contribution >= 0.6 is 22.9 Å². The molecule has 0 radical (unpaired) electrons. The number of Topliss-reactive ketones (excluding diaryl/α,β-unsaturated/α-hetero) is 1. The molecule has 0 unspecified atom stereocenters. The second-order valence-electron chi connectivity index (χ2n) is 7.14. The summed E-state index contributed by atoms with van der Waals surface area (Å²) < 4.78 is 0.841. The highest BCUT2D eigenvalue weighted by molar-refractivity contribution is 7.16. The third-order valence-corrected chi connectivity index (χ3v) is 6.43. The second-order valence-corrected chi connectivity index (χ2v) is 8.94. The molecule has 7 heteroatoms. The lowest BCUT2D eigenvalue weighted by molar-refractivity contribution is -1.02. The fourth-order valence-corrected chi connectivity index (χ4v) is 4.64. The molecule has 1 saturated heterocycles. The molecule has 2 heterocycles. The number of hydrogen-bond acceptors (Lipinski definition) is 3. The van der Waals surface area contributed by atoms with Gasteiger partial charge in [0.1, 0.15) is 32.7 Å². The topological polar surface area (TPSA) is 55.0 Å². The lowest BCUT2D eigenvalue weighted by Gasteiger charge is -2.32. The Labute approximate surface area is 168 Å². The van der Waals surface area contributed by atoms with Crippen molar-refractivity contribution >= 4 is 40.3 Å². The standard InChI is InChI=1S/C20H24ClN3O2S/c1-14(20(26)22-17-5-3-4-16(12-17)15(2)25)24-10-8-23(9-11-24)13-18-6-7-19(21)27-18/h3-7,12,14H,8-11,13H2,1-2H3,(H,22,26)/p+2/t14-/m1/s1. The molecular weight excluding hydrogens is 382 g/mol. The minimum Gasteiger partial charge on any atom is -0.321 e. The average Bonchev–Trinajstić information content (AvgIpc) is 3.06. The summed E-state index contributed by atoms with van der Waals surface area (Å²) in [5.74, 6) is -0.00455. The van der Waals surface area contributed by atoms with Gasteiger partial charge in [0.2, 0.25) is 0 Å². The maximum absolute atomic E-state index is 12.6. The van der Waals surface area contributed by atoms with Crippen molar-refractivity contribution in [1.82, 2.24) is 0 Å². The maximum Gasteiger partial charge on any atom is 0.282 e. The first kappa shape index (κ1) is 20.0. The summed E-state index contributed by atoms with van der Waals surface area (Å²) in [4.78, 5) is 28.3. The van der Waals surface area contributed by atoms with E-state index >= 15 is 0 Å². The molecule has 5 nitrogen and oxygen atoms in total. The molecule has 1 atom stereocenters. The zero-order valence-electron chi connectivity index (χ0n) is 15.7. The summed E-state index contributed by atoms with van der Waals surface area (Å²) in [6.45, 7) is 8.53. The van der Waals surface area contributed by atoms with Crippen molar-refractivity contribution in [3.05, 3.63) is 51.2 Å². The lowest BCUT2D eigenvalue weighted by Crippen LogP contribution is -3.29. The van der Waals surface area contributed by atoms with Crippen LogP contribution in [0.5, 0.6) is 0 Å². The number of piperazine rings is 1. The minimum atomic E-state index is -0.122. The van der Waals surface area contributed by atoms with E-state index in [9.17, 15) is 9.59 Å². The van der Waals surface area contributed by atoms with Crippen LogP contribution in [-0.2, 0) is 11.3 Å². The van der Waals surface area contributed by atoms with Crippen molar-refractivity contribution in [3.8, 4) is 0 Å². The number of benzene rings is 1. The monoisotopic (exact) mass is 407 g/mol. The number of quaternary nitrogens is 2. The number of nitrogens with one attached hydrogen (secondary N) is 3. The number of amides is 1. The maximum atomic E-state index is 12.6. The van der Waals surface area contributed by atoms with Gasteiger partial charge in [0.15, 0.2) is 11.8 Å². The molecule has 0 aliphatic carbocycles. The molecule has 1 aromatic heterocycles. The summed E-state index contributed by atoms with van der Waals surface area (Å²) in [7, 11) is 0. The van der Waals surface area contributed by atoms with Gasteiger partial charge in [0.05, 0.1) is 9.21 Å². The second kappa shape index (κ2) is 8.97. The number of hydrogen-bond donors (Lipinski definition) is 3. The van der Waals surface area contributed by atoms with Gasteiger partial charge in [-0.25, -0.2) is 0 Å². The number of anilines is 1. The first-order valence-electron chi connectivity index (χ1n) is 9.26. The summed E-state index contributed by atoms with van der Waals surface area (Å²) >= 11 is 7.66. The first-order valence-corrected chi connectivity index (χ1v) is 10.5. The third kappa shape index (κ3) is 5.39. The number of carbonyl (C=O) groups excluding carboxylic acids is 2. The molecule has 144 valence electrons. The average molecular weight is 408 g/mol. The number of halogens is 1. The summed E-state index contributed by atoms with van der Waals surface area (Å²) in [6.07, 6.45) is 0. The normalized spacial score (nSPS) is 20.9. The molecule has 0 spiro atoms. The van der Waals surface area contributed by atoms with E-state index in [1.165, 1.54) is 16.7 Å². The minimum absolute atomic E-state index is 0.000749. The van der Waals surface area contributed by atoms with Gasteiger partial charge in [0, 0.05) is 11.3 Å². The van der Waals surface area contributed by atoms with E-state index in [1.54, 1.807) is 34.4 Å². The predicted molar refractivity (Wildman–Crippen MR) is 109 cm³/mol. The molecule has 1 fully saturated rings. The van der Waals surface area contributed by atoms with Crippen LogP contribution in [0.25, 0.3) is 0 Å². The van der Waals surface area contributed by atoms with E-state index in [4.69, 9.17) is 11.6 Å². The molecule has 0 bridgehead atoms. The number of rotatable bonds is 6. The summed E-state index contributed by atoms with van der Waals surface area (Å²) in [5, 5.41) is 2.96. The van der Waals surface area contributed by atoms with E-state index in [0.717, 1.165) is 37.1 Å². The third-order valence-electron chi connectivity index (χ3n) is 5.19. The largest absolute Gasteiger partial charge is 0.321 e. The molecule has 0 saturated carbocycles. The number of ketones is 1. The molecule has 1 aromatic carbocycles. The zero-order valence-corrected chi connectivity index (χ0v) is 17.3. The van der Waals surface area contributed by atoms with Gasteiger partial charge in [-0.1, -0.05) is 23.7 Å².